The molecule has 3 rings (SSSR count). The van der Waals surface area contributed by atoms with E-state index in [0.717, 1.165) is 11.3 Å². The van der Waals surface area contributed by atoms with Crippen LogP contribution in [0.25, 0.3) is 11.3 Å². The molecule has 4 nitrogen and oxygen atoms in total. The number of benzene rings is 1. The lowest BCUT2D eigenvalue weighted by atomic mass is 10.2. The molecule has 0 aliphatic rings. The Kier molecular flexibility index (Phi) is 3.94. The molecular formula is C17H13ClN2O2. The van der Waals surface area contributed by atoms with Crippen LogP contribution in [0.5, 0.6) is 0 Å². The number of carbonyl (C=O) groups excluding carboxylic acids is 1. The Morgan fingerprint density at radius 2 is 1.95 bits per heavy atom. The molecule has 0 saturated heterocycles. The van der Waals surface area contributed by atoms with E-state index in [9.17, 15) is 4.79 Å². The predicted octanol–water partition coefficient (Wildman–Crippen LogP) is 4.56. The van der Waals surface area contributed by atoms with Gasteiger partial charge >= 0.3 is 0 Å². The Balaban J connectivity index is 1.80. The summed E-state index contributed by atoms with van der Waals surface area (Å²) in [5.41, 5.74) is 1.65. The third kappa shape index (κ3) is 3.18. The van der Waals surface area contributed by atoms with Crippen molar-refractivity contribution in [3.8, 4) is 11.3 Å². The molecular weight excluding hydrogens is 300 g/mol. The van der Waals surface area contributed by atoms with Gasteiger partial charge in [0.05, 0.1) is 0 Å². The molecule has 0 aliphatic heterocycles. The van der Waals surface area contributed by atoms with Gasteiger partial charge in [-0.15, -0.1) is 0 Å². The van der Waals surface area contributed by atoms with Crippen LogP contribution in [0.4, 0.5) is 5.82 Å². The van der Waals surface area contributed by atoms with Crippen molar-refractivity contribution in [3.63, 3.8) is 0 Å². The largest absolute Gasteiger partial charge is 0.451 e. The summed E-state index contributed by atoms with van der Waals surface area (Å²) in [4.78, 5) is 16.4. The second-order valence-electron chi connectivity index (χ2n) is 4.79. The van der Waals surface area contributed by atoms with Crippen molar-refractivity contribution in [1.29, 1.82) is 0 Å². The number of aromatic nitrogens is 1. The molecule has 2 aromatic heterocycles. The summed E-state index contributed by atoms with van der Waals surface area (Å²) in [6.45, 7) is 1.86. The van der Waals surface area contributed by atoms with E-state index in [0.29, 0.717) is 16.6 Å². The van der Waals surface area contributed by atoms with Crippen LogP contribution in [0.3, 0.4) is 0 Å². The minimum atomic E-state index is -0.341. The van der Waals surface area contributed by atoms with E-state index < -0.39 is 0 Å². The topological polar surface area (TPSA) is 55.1 Å². The third-order valence-corrected chi connectivity index (χ3v) is 3.30. The van der Waals surface area contributed by atoms with Gasteiger partial charge in [-0.3, -0.25) is 4.79 Å². The predicted molar refractivity (Wildman–Crippen MR) is 86.1 cm³/mol. The first-order valence-electron chi connectivity index (χ1n) is 6.72. The van der Waals surface area contributed by atoms with Crippen LogP contribution in [0.15, 0.2) is 59.0 Å². The summed E-state index contributed by atoms with van der Waals surface area (Å²) >= 11 is 5.96. The van der Waals surface area contributed by atoms with Gasteiger partial charge in [0.1, 0.15) is 11.6 Å². The van der Waals surface area contributed by atoms with Crippen LogP contribution in [0.2, 0.25) is 5.02 Å². The highest BCUT2D eigenvalue weighted by molar-refractivity contribution is 6.30. The lowest BCUT2D eigenvalue weighted by Crippen LogP contribution is -2.12. The van der Waals surface area contributed by atoms with E-state index in [1.54, 1.807) is 30.3 Å². The van der Waals surface area contributed by atoms with Crippen molar-refractivity contribution in [3.05, 3.63) is 71.1 Å². The number of aryl methyl sites for hydroxylation is 1. The van der Waals surface area contributed by atoms with Gasteiger partial charge < -0.3 is 9.73 Å². The third-order valence-electron chi connectivity index (χ3n) is 3.07. The summed E-state index contributed by atoms with van der Waals surface area (Å²) < 4.78 is 5.59. The molecule has 1 aromatic carbocycles. The number of pyridine rings is 1. The number of hydrogen-bond acceptors (Lipinski definition) is 3. The summed E-state index contributed by atoms with van der Waals surface area (Å²) in [7, 11) is 0. The molecule has 0 saturated carbocycles. The van der Waals surface area contributed by atoms with Crippen LogP contribution in [-0.4, -0.2) is 10.9 Å². The van der Waals surface area contributed by atoms with E-state index in [1.165, 1.54) is 0 Å². The highest BCUT2D eigenvalue weighted by Crippen LogP contribution is 2.25. The van der Waals surface area contributed by atoms with Gasteiger partial charge in [0.15, 0.2) is 5.76 Å². The number of furan rings is 1. The minimum Gasteiger partial charge on any atom is -0.451 e. The fraction of sp³-hybridized carbons (Fsp3) is 0.0588. The van der Waals surface area contributed by atoms with E-state index >= 15 is 0 Å². The van der Waals surface area contributed by atoms with Gasteiger partial charge in [-0.25, -0.2) is 4.98 Å². The molecule has 0 aliphatic carbocycles. The van der Waals surface area contributed by atoms with Crippen molar-refractivity contribution in [1.82, 2.24) is 4.98 Å². The summed E-state index contributed by atoms with van der Waals surface area (Å²) in [6.07, 6.45) is 0. The van der Waals surface area contributed by atoms with Gasteiger partial charge in [-0.05, 0) is 43.3 Å². The van der Waals surface area contributed by atoms with E-state index in [4.69, 9.17) is 16.0 Å². The molecule has 0 atom stereocenters. The molecule has 5 heteroatoms. The van der Waals surface area contributed by atoms with Crippen molar-refractivity contribution < 1.29 is 9.21 Å². The molecule has 1 N–H and O–H groups in total. The van der Waals surface area contributed by atoms with Crippen molar-refractivity contribution in [2.24, 2.45) is 0 Å². The second-order valence-corrected chi connectivity index (χ2v) is 5.23. The number of nitrogens with one attached hydrogen (secondary N) is 1. The molecule has 0 radical (unpaired) electrons. The van der Waals surface area contributed by atoms with Gasteiger partial charge in [0, 0.05) is 16.3 Å². The summed E-state index contributed by atoms with van der Waals surface area (Å²) in [6, 6.07) is 16.1. The second kappa shape index (κ2) is 6.03. The molecule has 22 heavy (non-hydrogen) atoms. The van der Waals surface area contributed by atoms with Gasteiger partial charge in [0.2, 0.25) is 0 Å². The quantitative estimate of drug-likeness (QED) is 0.771. The monoisotopic (exact) mass is 312 g/mol. The van der Waals surface area contributed by atoms with Gasteiger partial charge in [0.25, 0.3) is 5.91 Å². The van der Waals surface area contributed by atoms with Gasteiger partial charge in [-0.2, -0.15) is 0 Å². The number of anilines is 1. The van der Waals surface area contributed by atoms with E-state index in [2.05, 4.69) is 10.3 Å². The number of hydrogen-bond donors (Lipinski definition) is 1. The van der Waals surface area contributed by atoms with Crippen molar-refractivity contribution >= 4 is 23.3 Å². The lowest BCUT2D eigenvalue weighted by Gasteiger charge is -2.03. The number of carbonyl (C=O) groups is 1. The molecule has 1 amide bonds. The van der Waals surface area contributed by atoms with E-state index in [-0.39, 0.29) is 11.7 Å². The Hall–Kier alpha value is -2.59. The fourth-order valence-electron chi connectivity index (χ4n) is 2.05. The SMILES string of the molecule is Cc1cccc(NC(=O)c2ccc(-c3cccc(Cl)c3)o2)n1. The first-order chi connectivity index (χ1) is 10.6. The zero-order valence-electron chi connectivity index (χ0n) is 11.8. The highest BCUT2D eigenvalue weighted by atomic mass is 35.5. The number of amides is 1. The number of nitrogens with zero attached hydrogens (tertiary/aromatic N) is 1. The first-order valence-corrected chi connectivity index (χ1v) is 7.10. The Labute approximate surface area is 132 Å². The summed E-state index contributed by atoms with van der Waals surface area (Å²) in [5, 5.41) is 3.32. The molecule has 0 spiro atoms. The highest BCUT2D eigenvalue weighted by Gasteiger charge is 2.13. The van der Waals surface area contributed by atoms with Crippen molar-refractivity contribution in [2.45, 2.75) is 6.92 Å². The molecule has 0 unspecified atom stereocenters. The number of rotatable bonds is 3. The zero-order chi connectivity index (χ0) is 15.5. The van der Waals surface area contributed by atoms with Crippen LogP contribution >= 0.6 is 11.6 Å². The maximum Gasteiger partial charge on any atom is 0.292 e. The molecule has 0 fully saturated rings. The first kappa shape index (κ1) is 14.4. The zero-order valence-corrected chi connectivity index (χ0v) is 12.6. The molecule has 2 heterocycles. The average Bonchev–Trinajstić information content (AvgIpc) is 2.97. The fourth-order valence-corrected chi connectivity index (χ4v) is 2.24. The summed E-state index contributed by atoms with van der Waals surface area (Å²) in [5.74, 6) is 0.959. The smallest absolute Gasteiger partial charge is 0.292 e. The Bertz CT molecular complexity index is 827. The van der Waals surface area contributed by atoms with Crippen LogP contribution < -0.4 is 5.32 Å². The van der Waals surface area contributed by atoms with Crippen LogP contribution in [0.1, 0.15) is 16.2 Å². The Morgan fingerprint density at radius 3 is 2.73 bits per heavy atom. The van der Waals surface area contributed by atoms with Crippen LogP contribution in [-0.2, 0) is 0 Å². The van der Waals surface area contributed by atoms with Crippen LogP contribution in [0, 0.1) is 6.92 Å². The maximum absolute atomic E-state index is 12.2. The minimum absolute atomic E-state index is 0.221. The van der Waals surface area contributed by atoms with Crippen molar-refractivity contribution in [2.75, 3.05) is 5.32 Å². The lowest BCUT2D eigenvalue weighted by molar-refractivity contribution is 0.0997. The Morgan fingerprint density at radius 1 is 1.14 bits per heavy atom. The molecule has 110 valence electrons. The standard InChI is InChI=1S/C17H13ClN2O2/c1-11-4-2-7-16(19-11)20-17(21)15-9-8-14(22-15)12-5-3-6-13(18)10-12/h2-10H,1H3,(H,19,20,21). The normalized spacial score (nSPS) is 10.5. The average molecular weight is 313 g/mol. The molecule has 3 aromatic rings. The van der Waals surface area contributed by atoms with Gasteiger partial charge in [-0.1, -0.05) is 29.8 Å². The molecule has 0 bridgehead atoms. The maximum atomic E-state index is 12.2. The van der Waals surface area contributed by atoms with E-state index in [1.807, 2.05) is 31.2 Å². The number of halogens is 1.